The summed E-state index contributed by atoms with van der Waals surface area (Å²) in [4.78, 5) is 51.0. The van der Waals surface area contributed by atoms with Crippen molar-refractivity contribution in [2.75, 3.05) is 52.7 Å². The number of nitrogens with zero attached hydrogens (tertiary/aromatic N) is 2. The number of aliphatic hydroxyl groups is 6. The van der Waals surface area contributed by atoms with Crippen molar-refractivity contribution >= 4 is 27.5 Å². The molecule has 24 heteroatoms. The van der Waals surface area contributed by atoms with Gasteiger partial charge in [-0.3, -0.25) is 27.7 Å². The van der Waals surface area contributed by atoms with E-state index in [1.165, 1.54) is 4.90 Å². The molecule has 0 aromatic carbocycles. The van der Waals surface area contributed by atoms with E-state index >= 15 is 0 Å². The summed E-state index contributed by atoms with van der Waals surface area (Å²) in [5.74, 6) is -1.60. The molecule has 4 heterocycles. The number of carbonyl (C=O) groups is 2. The number of rotatable bonds is 23. The minimum Gasteiger partial charge on any atom is -0.394 e. The maximum Gasteiger partial charge on any atom is 0.472 e. The van der Waals surface area contributed by atoms with Crippen LogP contribution in [0.25, 0.3) is 0 Å². The molecule has 4 fully saturated rings. The number of likely N-dealkylation sites (tertiary alicyclic amines) is 2. The predicted octanol–water partition coefficient (Wildman–Crippen LogP) is 0.783. The molecule has 0 bridgehead atoms. The Bertz CT molecular complexity index is 1540. The van der Waals surface area contributed by atoms with Crippen molar-refractivity contribution < 1.29 is 96.2 Å². The third-order valence-corrected chi connectivity index (χ3v) is 14.0. The molecule has 0 aliphatic carbocycles. The van der Waals surface area contributed by atoms with E-state index < -0.39 is 120 Å². The molecule has 0 radical (unpaired) electrons. The van der Waals surface area contributed by atoms with Crippen LogP contribution in [0.15, 0.2) is 0 Å². The highest BCUT2D eigenvalue weighted by Gasteiger charge is 2.45. The molecule has 12 unspecified atom stereocenters. The molecule has 0 aromatic heterocycles. The fourth-order valence-corrected chi connectivity index (χ4v) is 10.3. The normalized spacial score (nSPS) is 36.0. The number of hydrogen-bond acceptors (Lipinski definition) is 18. The Kier molecular flexibility index (Phi) is 20.9. The first kappa shape index (κ1) is 54.4. The van der Waals surface area contributed by atoms with E-state index in [4.69, 9.17) is 37.0 Å². The lowest BCUT2D eigenvalue weighted by molar-refractivity contribution is -0.282. The third-order valence-electron chi connectivity index (χ3n) is 11.7. The Hall–Kier alpha value is -1.24. The van der Waals surface area contributed by atoms with Gasteiger partial charge in [-0.15, -0.1) is 0 Å². The number of phosphoric acid groups is 2. The van der Waals surface area contributed by atoms with Crippen LogP contribution in [0.4, 0.5) is 0 Å². The van der Waals surface area contributed by atoms with E-state index in [0.717, 1.165) is 0 Å². The van der Waals surface area contributed by atoms with Gasteiger partial charge in [0.1, 0.15) is 24.4 Å². The van der Waals surface area contributed by atoms with Gasteiger partial charge in [-0.1, -0.05) is 20.8 Å². The highest BCUT2D eigenvalue weighted by molar-refractivity contribution is 7.47. The Balaban J connectivity index is 1.26. The SMILES string of the molecule is CC1C(OCCCCC(=O)N2C[C@H](C)C[C@H]2COP(=O)(O)O[C@@H]2C[C@@H](COP(=O)(O)OC(C)(C)C)N(C(=O)CCCCOC3OC(CO)C(O)C(O)C3C)C2)OC(CO)C(O)C1O. The molecule has 2 amide bonds. The van der Waals surface area contributed by atoms with E-state index in [1.807, 2.05) is 6.92 Å². The van der Waals surface area contributed by atoms with Gasteiger partial charge in [0.15, 0.2) is 12.6 Å². The van der Waals surface area contributed by atoms with Gasteiger partial charge in [-0.25, -0.2) is 9.13 Å². The van der Waals surface area contributed by atoms with Gasteiger partial charge in [-0.05, 0) is 65.2 Å². The largest absolute Gasteiger partial charge is 0.472 e. The van der Waals surface area contributed by atoms with Crippen LogP contribution in [0.1, 0.15) is 92.9 Å². The van der Waals surface area contributed by atoms with Gasteiger partial charge in [0.2, 0.25) is 11.8 Å². The first-order valence-corrected chi connectivity index (χ1v) is 24.9. The first-order valence-electron chi connectivity index (χ1n) is 21.9. The molecule has 0 aromatic rings. The number of ether oxygens (including phenoxy) is 4. The van der Waals surface area contributed by atoms with Gasteiger partial charge < -0.3 is 69.2 Å². The van der Waals surface area contributed by atoms with Crippen LogP contribution < -0.4 is 0 Å². The Morgan fingerprint density at radius 3 is 1.57 bits per heavy atom. The molecular weight excluding hydrogens is 878 g/mol. The first-order chi connectivity index (χ1) is 29.5. The number of aliphatic hydroxyl groups excluding tert-OH is 6. The highest BCUT2D eigenvalue weighted by atomic mass is 31.2. The molecule has 4 aliphatic rings. The lowest BCUT2D eigenvalue weighted by Gasteiger charge is -2.40. The van der Waals surface area contributed by atoms with Gasteiger partial charge in [0, 0.05) is 51.0 Å². The van der Waals surface area contributed by atoms with Gasteiger partial charge in [-0.2, -0.15) is 0 Å². The number of hydrogen-bond donors (Lipinski definition) is 8. The monoisotopic (exact) mass is 950 g/mol. The molecule has 368 valence electrons. The van der Waals surface area contributed by atoms with Crippen molar-refractivity contribution in [2.45, 2.75) is 166 Å². The quantitative estimate of drug-likeness (QED) is 0.0518. The number of carbonyl (C=O) groups excluding carboxylic acids is 2. The summed E-state index contributed by atoms with van der Waals surface area (Å²) in [6.45, 7) is 8.82. The van der Waals surface area contributed by atoms with E-state index in [1.54, 1.807) is 39.5 Å². The Morgan fingerprint density at radius 2 is 1.11 bits per heavy atom. The zero-order chi connectivity index (χ0) is 46.9. The average Bonchev–Trinajstić information content (AvgIpc) is 3.79. The maximum atomic E-state index is 13.5. The summed E-state index contributed by atoms with van der Waals surface area (Å²) in [6, 6.07) is -1.35. The molecule has 0 spiro atoms. The van der Waals surface area contributed by atoms with Crippen molar-refractivity contribution in [1.82, 2.24) is 9.80 Å². The van der Waals surface area contributed by atoms with E-state index in [-0.39, 0.29) is 63.4 Å². The van der Waals surface area contributed by atoms with E-state index in [9.17, 15) is 59.1 Å². The number of unbranched alkanes of at least 4 members (excludes halogenated alkanes) is 2. The molecule has 16 atom stereocenters. The smallest absolute Gasteiger partial charge is 0.394 e. The lowest BCUT2D eigenvalue weighted by atomic mass is 9.92. The van der Waals surface area contributed by atoms with Gasteiger partial charge >= 0.3 is 15.6 Å². The molecule has 4 rings (SSSR count). The topological polar surface area (TPSA) is 310 Å². The summed E-state index contributed by atoms with van der Waals surface area (Å²) in [6.07, 6.45) is -7.26. The van der Waals surface area contributed by atoms with Crippen molar-refractivity contribution in [3.05, 3.63) is 0 Å². The van der Waals surface area contributed by atoms with Crippen LogP contribution in [-0.4, -0.2) is 188 Å². The zero-order valence-electron chi connectivity index (χ0n) is 37.2. The standard InChI is InChI=1S/C39H72N2O20P2/c1-23-15-26(40(17-23)31(44)11-7-9-13-54-37-24(2)33(46)35(48)29(19-42)58-37)21-56-62(50,51)60-28-16-27(22-57-63(52,53)61-39(4,5)6)41(18-28)32(45)12-8-10-14-55-38-25(3)34(47)36(49)30(20-43)59-38/h23-30,33-38,42-43,46-49H,7-22H2,1-6H3,(H,50,51)(H,52,53)/t23-,24?,25?,26+,27+,28-,29?,30?,33?,34?,35?,36?,37?,38?/m1/s1. The lowest BCUT2D eigenvalue weighted by Crippen LogP contribution is -2.55. The van der Waals surface area contributed by atoms with Crippen LogP contribution in [0.3, 0.4) is 0 Å². The van der Waals surface area contributed by atoms with Gasteiger partial charge in [0.05, 0.1) is 62.4 Å². The molecule has 4 aliphatic heterocycles. The highest BCUT2D eigenvalue weighted by Crippen LogP contribution is 2.50. The second-order valence-corrected chi connectivity index (χ2v) is 21.0. The fraction of sp³-hybridized carbons (Fsp3) is 0.949. The third kappa shape index (κ3) is 16.2. The second kappa shape index (κ2) is 24.2. The fourth-order valence-electron chi connectivity index (χ4n) is 8.24. The predicted molar refractivity (Wildman–Crippen MR) is 220 cm³/mol. The van der Waals surface area contributed by atoms with E-state index in [0.29, 0.717) is 38.6 Å². The Morgan fingerprint density at radius 1 is 0.667 bits per heavy atom. The number of amides is 2. The molecule has 63 heavy (non-hydrogen) atoms. The molecular formula is C39H72N2O20P2. The molecule has 0 saturated carbocycles. The summed E-state index contributed by atoms with van der Waals surface area (Å²) in [5.41, 5.74) is -1.03. The summed E-state index contributed by atoms with van der Waals surface area (Å²) in [5, 5.41) is 59.6. The molecule has 8 N–H and O–H groups in total. The van der Waals surface area contributed by atoms with E-state index in [2.05, 4.69) is 0 Å². The van der Waals surface area contributed by atoms with Crippen LogP contribution >= 0.6 is 15.6 Å². The summed E-state index contributed by atoms with van der Waals surface area (Å²) < 4.78 is 70.1. The van der Waals surface area contributed by atoms with Crippen molar-refractivity contribution in [2.24, 2.45) is 17.8 Å². The second-order valence-electron chi connectivity index (χ2n) is 18.2. The number of phosphoric ester groups is 2. The minimum absolute atomic E-state index is 0.00189. The van der Waals surface area contributed by atoms with Crippen molar-refractivity contribution in [3.63, 3.8) is 0 Å². The Labute approximate surface area is 369 Å². The van der Waals surface area contributed by atoms with Crippen LogP contribution in [0, 0.1) is 17.8 Å². The summed E-state index contributed by atoms with van der Waals surface area (Å²) >= 11 is 0. The van der Waals surface area contributed by atoms with Crippen LogP contribution in [0.2, 0.25) is 0 Å². The molecule has 4 saturated heterocycles. The van der Waals surface area contributed by atoms with Crippen molar-refractivity contribution in [3.8, 4) is 0 Å². The molecule has 22 nitrogen and oxygen atoms in total. The minimum atomic E-state index is -4.76. The van der Waals surface area contributed by atoms with Crippen LogP contribution in [0.5, 0.6) is 0 Å². The van der Waals surface area contributed by atoms with Gasteiger partial charge in [0.25, 0.3) is 0 Å². The summed E-state index contributed by atoms with van der Waals surface area (Å²) in [7, 11) is -9.33. The average molecular weight is 951 g/mol. The van der Waals surface area contributed by atoms with Crippen LogP contribution in [-0.2, 0) is 55.8 Å². The zero-order valence-corrected chi connectivity index (χ0v) is 39.0. The maximum absolute atomic E-state index is 13.5. The van der Waals surface area contributed by atoms with Crippen molar-refractivity contribution in [1.29, 1.82) is 0 Å².